The normalized spacial score (nSPS) is 10.3. The van der Waals surface area contributed by atoms with E-state index in [1.165, 1.54) is 12.1 Å². The highest BCUT2D eigenvalue weighted by Crippen LogP contribution is 2.08. The van der Waals surface area contributed by atoms with Crippen LogP contribution in [0.2, 0.25) is 0 Å². The monoisotopic (exact) mass is 238 g/mol. The second-order valence-electron chi connectivity index (χ2n) is 3.93. The van der Waals surface area contributed by atoms with Crippen molar-refractivity contribution in [2.75, 3.05) is 19.6 Å². The van der Waals surface area contributed by atoms with Crippen LogP contribution in [0, 0.1) is 12.7 Å². The van der Waals surface area contributed by atoms with E-state index in [0.29, 0.717) is 17.7 Å². The van der Waals surface area contributed by atoms with Crippen LogP contribution in [0.1, 0.15) is 29.3 Å². The molecule has 17 heavy (non-hydrogen) atoms. The maximum absolute atomic E-state index is 13.0. The fourth-order valence-electron chi connectivity index (χ4n) is 1.48. The standard InChI is InChI=1S/C13H19FN2O/c1-3-15-7-4-8-16-13(17)11-5-6-12(14)10(2)9-11/h5-6,9,15H,3-4,7-8H2,1-2H3,(H,16,17). The van der Waals surface area contributed by atoms with Crippen molar-refractivity contribution in [3.8, 4) is 0 Å². The molecule has 2 N–H and O–H groups in total. The van der Waals surface area contributed by atoms with E-state index in [-0.39, 0.29) is 11.7 Å². The van der Waals surface area contributed by atoms with Gasteiger partial charge in [-0.15, -0.1) is 0 Å². The van der Waals surface area contributed by atoms with Crippen LogP contribution in [0.15, 0.2) is 18.2 Å². The first kappa shape index (κ1) is 13.6. The summed E-state index contributed by atoms with van der Waals surface area (Å²) in [6.45, 7) is 6.14. The minimum absolute atomic E-state index is 0.149. The number of aryl methyl sites for hydroxylation is 1. The highest BCUT2D eigenvalue weighted by Gasteiger charge is 2.06. The van der Waals surface area contributed by atoms with Crippen molar-refractivity contribution in [2.45, 2.75) is 20.3 Å². The third-order valence-electron chi connectivity index (χ3n) is 2.49. The molecule has 0 aliphatic heterocycles. The highest BCUT2D eigenvalue weighted by atomic mass is 19.1. The van der Waals surface area contributed by atoms with Crippen LogP contribution in [0.3, 0.4) is 0 Å². The second kappa shape index (κ2) is 7.01. The number of amides is 1. The van der Waals surface area contributed by atoms with Gasteiger partial charge in [0.15, 0.2) is 0 Å². The van der Waals surface area contributed by atoms with Gasteiger partial charge in [0.25, 0.3) is 5.91 Å². The van der Waals surface area contributed by atoms with E-state index in [1.807, 2.05) is 6.92 Å². The first-order valence-electron chi connectivity index (χ1n) is 5.90. The molecule has 0 bridgehead atoms. The molecule has 1 aromatic rings. The minimum atomic E-state index is -0.284. The Morgan fingerprint density at radius 3 is 2.76 bits per heavy atom. The van der Waals surface area contributed by atoms with E-state index in [0.717, 1.165) is 19.5 Å². The highest BCUT2D eigenvalue weighted by molar-refractivity contribution is 5.94. The fourth-order valence-corrected chi connectivity index (χ4v) is 1.48. The quantitative estimate of drug-likeness (QED) is 0.743. The molecule has 94 valence electrons. The molecule has 4 heteroatoms. The van der Waals surface area contributed by atoms with E-state index in [2.05, 4.69) is 10.6 Å². The summed E-state index contributed by atoms with van der Waals surface area (Å²) in [5.41, 5.74) is 0.998. The van der Waals surface area contributed by atoms with Gasteiger partial charge >= 0.3 is 0 Å². The number of carbonyl (C=O) groups excluding carboxylic acids is 1. The van der Waals surface area contributed by atoms with Crippen LogP contribution in [0.25, 0.3) is 0 Å². The molecule has 1 aromatic carbocycles. The number of carbonyl (C=O) groups is 1. The average molecular weight is 238 g/mol. The Bertz CT molecular complexity index is 380. The largest absolute Gasteiger partial charge is 0.352 e. The molecule has 3 nitrogen and oxygen atoms in total. The Kier molecular flexibility index (Phi) is 5.63. The van der Waals surface area contributed by atoms with E-state index >= 15 is 0 Å². The number of hydrogen-bond acceptors (Lipinski definition) is 2. The first-order valence-corrected chi connectivity index (χ1v) is 5.90. The second-order valence-corrected chi connectivity index (χ2v) is 3.93. The first-order chi connectivity index (χ1) is 8.15. The molecule has 0 aliphatic rings. The van der Waals surface area contributed by atoms with Crippen LogP contribution >= 0.6 is 0 Å². The predicted molar refractivity (Wildman–Crippen MR) is 66.6 cm³/mol. The summed E-state index contributed by atoms with van der Waals surface area (Å²) in [5.74, 6) is -0.432. The van der Waals surface area contributed by atoms with Crippen LogP contribution in [-0.4, -0.2) is 25.5 Å². The molecule has 0 radical (unpaired) electrons. The number of benzene rings is 1. The zero-order valence-corrected chi connectivity index (χ0v) is 10.3. The number of halogens is 1. The van der Waals surface area contributed by atoms with Gasteiger partial charge in [-0.3, -0.25) is 4.79 Å². The van der Waals surface area contributed by atoms with E-state index in [9.17, 15) is 9.18 Å². The summed E-state index contributed by atoms with van der Waals surface area (Å²) in [5, 5.41) is 5.98. The Hall–Kier alpha value is -1.42. The third kappa shape index (κ3) is 4.53. The smallest absolute Gasteiger partial charge is 0.251 e. The SMILES string of the molecule is CCNCCCNC(=O)c1ccc(F)c(C)c1. The molecule has 0 aromatic heterocycles. The Labute approximate surface area is 101 Å². The topological polar surface area (TPSA) is 41.1 Å². The van der Waals surface area contributed by atoms with Crippen molar-refractivity contribution in [3.05, 3.63) is 35.1 Å². The van der Waals surface area contributed by atoms with Gasteiger partial charge in [-0.25, -0.2) is 4.39 Å². The molecule has 0 unspecified atom stereocenters. The van der Waals surface area contributed by atoms with Gasteiger partial charge < -0.3 is 10.6 Å². The molecule has 0 atom stereocenters. The molecular formula is C13H19FN2O. The van der Waals surface area contributed by atoms with Gasteiger partial charge in [0.05, 0.1) is 0 Å². The van der Waals surface area contributed by atoms with Crippen molar-refractivity contribution in [1.82, 2.24) is 10.6 Å². The Morgan fingerprint density at radius 2 is 2.12 bits per heavy atom. The lowest BCUT2D eigenvalue weighted by Crippen LogP contribution is -2.27. The van der Waals surface area contributed by atoms with Crippen molar-refractivity contribution in [1.29, 1.82) is 0 Å². The zero-order chi connectivity index (χ0) is 12.7. The summed E-state index contributed by atoms with van der Waals surface area (Å²) in [6.07, 6.45) is 0.889. The van der Waals surface area contributed by atoms with Crippen molar-refractivity contribution < 1.29 is 9.18 Å². The molecule has 0 saturated carbocycles. The Morgan fingerprint density at radius 1 is 1.35 bits per heavy atom. The van der Waals surface area contributed by atoms with E-state index < -0.39 is 0 Å². The van der Waals surface area contributed by atoms with Gasteiger partial charge in [-0.05, 0) is 50.2 Å². The van der Waals surface area contributed by atoms with Gasteiger partial charge in [-0.2, -0.15) is 0 Å². The summed E-state index contributed by atoms with van der Waals surface area (Å²) in [7, 11) is 0. The Balaban J connectivity index is 2.39. The van der Waals surface area contributed by atoms with Crippen LogP contribution in [0.5, 0.6) is 0 Å². The van der Waals surface area contributed by atoms with Gasteiger partial charge in [-0.1, -0.05) is 6.92 Å². The van der Waals surface area contributed by atoms with E-state index in [4.69, 9.17) is 0 Å². The molecular weight excluding hydrogens is 219 g/mol. The third-order valence-corrected chi connectivity index (χ3v) is 2.49. The number of nitrogens with one attached hydrogen (secondary N) is 2. The fraction of sp³-hybridized carbons (Fsp3) is 0.462. The average Bonchev–Trinajstić information content (AvgIpc) is 2.32. The molecule has 0 saturated heterocycles. The number of hydrogen-bond donors (Lipinski definition) is 2. The van der Waals surface area contributed by atoms with Crippen molar-refractivity contribution in [3.63, 3.8) is 0 Å². The molecule has 0 fully saturated rings. The summed E-state index contributed by atoms with van der Waals surface area (Å²) in [6, 6.07) is 4.39. The summed E-state index contributed by atoms with van der Waals surface area (Å²) in [4.78, 5) is 11.7. The number of rotatable bonds is 6. The summed E-state index contributed by atoms with van der Waals surface area (Å²) < 4.78 is 13.0. The lowest BCUT2D eigenvalue weighted by Gasteiger charge is -2.06. The van der Waals surface area contributed by atoms with E-state index in [1.54, 1.807) is 13.0 Å². The maximum Gasteiger partial charge on any atom is 0.251 e. The molecule has 1 rings (SSSR count). The van der Waals surface area contributed by atoms with Crippen LogP contribution in [0.4, 0.5) is 4.39 Å². The van der Waals surface area contributed by atoms with Crippen LogP contribution in [-0.2, 0) is 0 Å². The predicted octanol–water partition coefficient (Wildman–Crippen LogP) is 1.86. The molecule has 0 spiro atoms. The molecule has 0 heterocycles. The van der Waals surface area contributed by atoms with Crippen molar-refractivity contribution >= 4 is 5.91 Å². The van der Waals surface area contributed by atoms with Crippen LogP contribution < -0.4 is 10.6 Å². The molecule has 0 aliphatic carbocycles. The van der Waals surface area contributed by atoms with Gasteiger partial charge in [0.1, 0.15) is 5.82 Å². The summed E-state index contributed by atoms with van der Waals surface area (Å²) >= 11 is 0. The lowest BCUT2D eigenvalue weighted by molar-refractivity contribution is 0.0953. The molecule has 1 amide bonds. The lowest BCUT2D eigenvalue weighted by atomic mass is 10.1. The van der Waals surface area contributed by atoms with Gasteiger partial charge in [0.2, 0.25) is 0 Å². The minimum Gasteiger partial charge on any atom is -0.352 e. The van der Waals surface area contributed by atoms with Crippen molar-refractivity contribution in [2.24, 2.45) is 0 Å². The maximum atomic E-state index is 13.0. The zero-order valence-electron chi connectivity index (χ0n) is 10.3. The van der Waals surface area contributed by atoms with Gasteiger partial charge in [0, 0.05) is 12.1 Å².